The van der Waals surface area contributed by atoms with Crippen LogP contribution in [0.1, 0.15) is 27.7 Å². The molecule has 24 heavy (non-hydrogen) atoms. The summed E-state index contributed by atoms with van der Waals surface area (Å²) in [7, 11) is 0. The predicted octanol–water partition coefficient (Wildman–Crippen LogP) is -0.428. The third-order valence-electron chi connectivity index (χ3n) is 3.09. The van der Waals surface area contributed by atoms with Gasteiger partial charge in [-0.1, -0.05) is 0 Å². The molecule has 0 bridgehead atoms. The zero-order valence-corrected chi connectivity index (χ0v) is 14.7. The van der Waals surface area contributed by atoms with E-state index in [9.17, 15) is 19.2 Å². The average Bonchev–Trinajstić information content (AvgIpc) is 2.42. The molecular formula is C14H21NO8S. The van der Waals surface area contributed by atoms with Gasteiger partial charge in [-0.15, -0.1) is 12.6 Å². The number of carbonyl (C=O) groups is 4. The molecule has 0 aromatic rings. The van der Waals surface area contributed by atoms with E-state index in [1.165, 1.54) is 27.7 Å². The quantitative estimate of drug-likeness (QED) is 0.384. The maximum Gasteiger partial charge on any atom is 0.303 e. The number of esters is 3. The lowest BCUT2D eigenvalue weighted by Crippen LogP contribution is -2.64. The maximum atomic E-state index is 11.4. The van der Waals surface area contributed by atoms with Gasteiger partial charge in [0.1, 0.15) is 24.2 Å². The molecule has 0 saturated carbocycles. The molecule has 1 fully saturated rings. The molecule has 0 radical (unpaired) electrons. The topological polar surface area (TPSA) is 117 Å². The molecule has 0 aliphatic carbocycles. The first-order valence-corrected chi connectivity index (χ1v) is 7.72. The molecule has 136 valence electrons. The van der Waals surface area contributed by atoms with Gasteiger partial charge in [0.05, 0.1) is 0 Å². The fraction of sp³-hybridized carbons (Fsp3) is 0.714. The largest absolute Gasteiger partial charge is 0.463 e. The van der Waals surface area contributed by atoms with Crippen LogP contribution in [-0.2, 0) is 38.1 Å². The summed E-state index contributed by atoms with van der Waals surface area (Å²) in [5, 5.41) is 2.56. The number of rotatable bonds is 5. The SMILES string of the molecule is CC(=O)NC1C(S)OC(COC(C)=O)[C@H](OC(C)=O)[C@@H]1OC(C)=O. The first-order valence-electron chi connectivity index (χ1n) is 7.20. The van der Waals surface area contributed by atoms with E-state index in [0.29, 0.717) is 0 Å². The highest BCUT2D eigenvalue weighted by molar-refractivity contribution is 7.80. The summed E-state index contributed by atoms with van der Waals surface area (Å²) in [5.74, 6) is -2.24. The predicted molar refractivity (Wildman–Crippen MR) is 83.0 cm³/mol. The second-order valence-corrected chi connectivity index (χ2v) is 5.75. The van der Waals surface area contributed by atoms with Gasteiger partial charge in [0.15, 0.2) is 12.2 Å². The van der Waals surface area contributed by atoms with Crippen LogP contribution < -0.4 is 5.32 Å². The lowest BCUT2D eigenvalue weighted by atomic mass is 9.97. The molecule has 10 heteroatoms. The normalized spacial score (nSPS) is 29.3. The Balaban J connectivity index is 3.11. The van der Waals surface area contributed by atoms with Gasteiger partial charge in [0.2, 0.25) is 5.91 Å². The van der Waals surface area contributed by atoms with Gasteiger partial charge in [-0.25, -0.2) is 0 Å². The number of nitrogens with one attached hydrogen (secondary N) is 1. The Hall–Kier alpha value is -1.81. The van der Waals surface area contributed by atoms with Gasteiger partial charge in [0.25, 0.3) is 0 Å². The first-order chi connectivity index (χ1) is 11.1. The van der Waals surface area contributed by atoms with Crippen LogP contribution in [0, 0.1) is 0 Å². The summed E-state index contributed by atoms with van der Waals surface area (Å²) in [6, 6.07) is -0.854. The number of hydrogen-bond donors (Lipinski definition) is 2. The Morgan fingerprint density at radius 3 is 1.96 bits per heavy atom. The Morgan fingerprint density at radius 2 is 1.50 bits per heavy atom. The Bertz CT molecular complexity index is 511. The zero-order valence-electron chi connectivity index (χ0n) is 13.8. The molecule has 1 rings (SSSR count). The molecule has 0 spiro atoms. The van der Waals surface area contributed by atoms with Crippen LogP contribution in [0.25, 0.3) is 0 Å². The van der Waals surface area contributed by atoms with E-state index in [4.69, 9.17) is 18.9 Å². The van der Waals surface area contributed by atoms with E-state index >= 15 is 0 Å². The van der Waals surface area contributed by atoms with Crippen LogP contribution in [0.5, 0.6) is 0 Å². The summed E-state index contributed by atoms with van der Waals surface area (Å²) in [6.07, 6.45) is -3.03. The van der Waals surface area contributed by atoms with Crippen molar-refractivity contribution < 1.29 is 38.1 Å². The molecule has 3 unspecified atom stereocenters. The van der Waals surface area contributed by atoms with Crippen LogP contribution in [0.3, 0.4) is 0 Å². The lowest BCUT2D eigenvalue weighted by Gasteiger charge is -2.43. The van der Waals surface area contributed by atoms with E-state index in [1.807, 2.05) is 0 Å². The highest BCUT2D eigenvalue weighted by atomic mass is 32.1. The molecule has 1 N–H and O–H groups in total. The Labute approximate surface area is 144 Å². The third-order valence-corrected chi connectivity index (χ3v) is 3.53. The number of hydrogen-bond acceptors (Lipinski definition) is 9. The minimum Gasteiger partial charge on any atom is -0.463 e. The number of ether oxygens (including phenoxy) is 4. The smallest absolute Gasteiger partial charge is 0.303 e. The molecule has 0 aromatic heterocycles. The lowest BCUT2D eigenvalue weighted by molar-refractivity contribution is -0.211. The molecule has 0 aromatic carbocycles. The van der Waals surface area contributed by atoms with E-state index in [2.05, 4.69) is 17.9 Å². The van der Waals surface area contributed by atoms with Crippen LogP contribution in [-0.4, -0.2) is 60.2 Å². The van der Waals surface area contributed by atoms with Gasteiger partial charge >= 0.3 is 17.9 Å². The molecule has 1 amide bonds. The minimum atomic E-state index is -1.08. The molecular weight excluding hydrogens is 342 g/mol. The van der Waals surface area contributed by atoms with Crippen molar-refractivity contribution in [2.24, 2.45) is 0 Å². The van der Waals surface area contributed by atoms with Gasteiger partial charge in [-0.2, -0.15) is 0 Å². The van der Waals surface area contributed by atoms with Crippen molar-refractivity contribution in [3.05, 3.63) is 0 Å². The maximum absolute atomic E-state index is 11.4. The van der Waals surface area contributed by atoms with Crippen LogP contribution in [0.15, 0.2) is 0 Å². The van der Waals surface area contributed by atoms with Crippen LogP contribution >= 0.6 is 12.6 Å². The van der Waals surface area contributed by atoms with Crippen molar-refractivity contribution in [3.8, 4) is 0 Å². The van der Waals surface area contributed by atoms with Crippen molar-refractivity contribution in [2.45, 2.75) is 57.5 Å². The average molecular weight is 363 g/mol. The standard InChI is InChI=1S/C14H21NO8S/c1-6(16)15-11-13(22-9(4)19)12(21-8(3)18)10(23-14(11)24)5-20-7(2)17/h10-14,24H,5H2,1-4H3,(H,15,16)/t10?,11?,12-,13+,14?/m0/s1. The van der Waals surface area contributed by atoms with E-state index in [-0.39, 0.29) is 6.61 Å². The van der Waals surface area contributed by atoms with Crippen molar-refractivity contribution >= 4 is 36.4 Å². The van der Waals surface area contributed by atoms with Crippen molar-refractivity contribution in [1.29, 1.82) is 0 Å². The number of carbonyl (C=O) groups excluding carboxylic acids is 4. The minimum absolute atomic E-state index is 0.227. The fourth-order valence-corrected chi connectivity index (χ4v) is 2.71. The fourth-order valence-electron chi connectivity index (χ4n) is 2.31. The van der Waals surface area contributed by atoms with Gasteiger partial charge in [0, 0.05) is 27.7 Å². The van der Waals surface area contributed by atoms with Crippen LogP contribution in [0.2, 0.25) is 0 Å². The second-order valence-electron chi connectivity index (χ2n) is 5.24. The summed E-state index contributed by atoms with van der Waals surface area (Å²) < 4.78 is 20.9. The summed E-state index contributed by atoms with van der Waals surface area (Å²) >= 11 is 4.24. The summed E-state index contributed by atoms with van der Waals surface area (Å²) in [5.41, 5.74) is -0.870. The molecule has 1 saturated heterocycles. The second kappa shape index (κ2) is 8.88. The highest BCUT2D eigenvalue weighted by Crippen LogP contribution is 2.28. The molecule has 5 atom stereocenters. The number of amides is 1. The van der Waals surface area contributed by atoms with Crippen LogP contribution in [0.4, 0.5) is 0 Å². The molecule has 9 nitrogen and oxygen atoms in total. The van der Waals surface area contributed by atoms with Crippen molar-refractivity contribution in [3.63, 3.8) is 0 Å². The van der Waals surface area contributed by atoms with Crippen molar-refractivity contribution in [1.82, 2.24) is 5.32 Å². The Morgan fingerprint density at radius 1 is 0.958 bits per heavy atom. The van der Waals surface area contributed by atoms with Gasteiger partial charge < -0.3 is 24.3 Å². The van der Waals surface area contributed by atoms with Gasteiger partial charge in [-0.05, 0) is 0 Å². The Kier molecular flexibility index (Phi) is 7.49. The molecule has 1 aliphatic heterocycles. The zero-order chi connectivity index (χ0) is 18.4. The highest BCUT2D eigenvalue weighted by Gasteiger charge is 2.49. The van der Waals surface area contributed by atoms with Gasteiger partial charge in [-0.3, -0.25) is 19.2 Å². The summed E-state index contributed by atoms with van der Waals surface area (Å²) in [4.78, 5) is 45.2. The monoisotopic (exact) mass is 363 g/mol. The third kappa shape index (κ3) is 6.00. The van der Waals surface area contributed by atoms with E-state index < -0.39 is 53.6 Å². The summed E-state index contributed by atoms with van der Waals surface area (Å²) in [6.45, 7) is 4.62. The van der Waals surface area contributed by atoms with E-state index in [1.54, 1.807) is 0 Å². The van der Waals surface area contributed by atoms with E-state index in [0.717, 1.165) is 0 Å². The molecule has 1 heterocycles. The number of thiol groups is 1. The van der Waals surface area contributed by atoms with Crippen molar-refractivity contribution in [2.75, 3.05) is 6.61 Å². The molecule has 1 aliphatic rings. The first kappa shape index (κ1) is 20.2.